The smallest absolute Gasteiger partial charge is 0.245 e. The molecule has 1 atom stereocenters. The molecule has 1 aromatic carbocycles. The molecule has 1 N–H and O–H groups in total. The van der Waals surface area contributed by atoms with Gasteiger partial charge in [0.2, 0.25) is 10.0 Å². The highest BCUT2D eigenvalue weighted by Crippen LogP contribution is 2.30. The maximum absolute atomic E-state index is 13.9. The van der Waals surface area contributed by atoms with Crippen LogP contribution in [-0.4, -0.2) is 38.4 Å². The minimum absolute atomic E-state index is 0. The zero-order valence-electron chi connectivity index (χ0n) is 12.7. The van der Waals surface area contributed by atoms with E-state index in [1.54, 1.807) is 0 Å². The third-order valence-electron chi connectivity index (χ3n) is 4.68. The molecular formula is C15H21Cl2FN2O2S. The van der Waals surface area contributed by atoms with Crippen LogP contribution in [0.15, 0.2) is 23.1 Å². The maximum Gasteiger partial charge on any atom is 0.245 e. The maximum atomic E-state index is 13.9. The van der Waals surface area contributed by atoms with Gasteiger partial charge in [-0.25, -0.2) is 12.8 Å². The van der Waals surface area contributed by atoms with Crippen LogP contribution in [0.5, 0.6) is 0 Å². The van der Waals surface area contributed by atoms with Crippen LogP contribution in [-0.2, 0) is 10.0 Å². The molecule has 1 unspecified atom stereocenters. The van der Waals surface area contributed by atoms with E-state index in [2.05, 4.69) is 5.32 Å². The monoisotopic (exact) mass is 382 g/mol. The summed E-state index contributed by atoms with van der Waals surface area (Å²) in [6.07, 6.45) is 4.01. The fourth-order valence-corrected chi connectivity index (χ4v) is 5.13. The van der Waals surface area contributed by atoms with E-state index in [9.17, 15) is 12.8 Å². The van der Waals surface area contributed by atoms with Crippen LogP contribution in [0, 0.1) is 11.7 Å². The fraction of sp³-hybridized carbons (Fsp3) is 0.600. The van der Waals surface area contributed by atoms with E-state index >= 15 is 0 Å². The molecule has 130 valence electrons. The van der Waals surface area contributed by atoms with Crippen molar-refractivity contribution in [2.45, 2.75) is 36.6 Å². The average Bonchev–Trinajstić information content (AvgIpc) is 3.01. The quantitative estimate of drug-likeness (QED) is 0.873. The number of sulfonamides is 1. The summed E-state index contributed by atoms with van der Waals surface area (Å²) in [5.74, 6) is -0.268. The van der Waals surface area contributed by atoms with Crippen molar-refractivity contribution >= 4 is 34.0 Å². The van der Waals surface area contributed by atoms with Gasteiger partial charge in [-0.15, -0.1) is 12.4 Å². The number of hydrogen-bond donors (Lipinski definition) is 1. The number of nitrogens with zero attached hydrogens (tertiary/aromatic N) is 1. The number of piperidine rings is 1. The van der Waals surface area contributed by atoms with Crippen molar-refractivity contribution in [1.29, 1.82) is 0 Å². The molecule has 0 amide bonds. The third kappa shape index (κ3) is 3.99. The Morgan fingerprint density at radius 1 is 1.22 bits per heavy atom. The molecule has 0 aliphatic carbocycles. The summed E-state index contributed by atoms with van der Waals surface area (Å²) in [6.45, 7) is 1.96. The lowest BCUT2D eigenvalue weighted by Gasteiger charge is -2.34. The van der Waals surface area contributed by atoms with Crippen molar-refractivity contribution in [2.75, 3.05) is 19.6 Å². The molecule has 2 fully saturated rings. The SMILES string of the molecule is Cl.O=S(=O)(c1ccc(Cl)cc1F)N1CCC(C2CCCN2)CC1. The summed E-state index contributed by atoms with van der Waals surface area (Å²) in [4.78, 5) is -0.283. The molecule has 2 saturated heterocycles. The van der Waals surface area contributed by atoms with E-state index < -0.39 is 15.8 Å². The Bertz CT molecular complexity index is 643. The van der Waals surface area contributed by atoms with Crippen molar-refractivity contribution < 1.29 is 12.8 Å². The van der Waals surface area contributed by atoms with Crippen molar-refractivity contribution in [2.24, 2.45) is 5.92 Å². The second-order valence-electron chi connectivity index (χ2n) is 6.02. The first-order chi connectivity index (χ1) is 10.5. The Kier molecular flexibility index (Phi) is 6.30. The number of rotatable bonds is 3. The van der Waals surface area contributed by atoms with E-state index in [0.29, 0.717) is 25.0 Å². The first kappa shape index (κ1) is 18.9. The van der Waals surface area contributed by atoms with Crippen LogP contribution in [0.2, 0.25) is 5.02 Å². The molecule has 0 aromatic heterocycles. The molecule has 2 aliphatic heterocycles. The minimum Gasteiger partial charge on any atom is -0.314 e. The molecule has 2 heterocycles. The topological polar surface area (TPSA) is 49.4 Å². The highest BCUT2D eigenvalue weighted by Gasteiger charge is 2.34. The number of benzene rings is 1. The van der Waals surface area contributed by atoms with Crippen molar-refractivity contribution in [3.8, 4) is 0 Å². The van der Waals surface area contributed by atoms with E-state index in [1.165, 1.54) is 29.3 Å². The lowest BCUT2D eigenvalue weighted by molar-refractivity contribution is 0.233. The summed E-state index contributed by atoms with van der Waals surface area (Å²) in [7, 11) is -3.78. The van der Waals surface area contributed by atoms with E-state index in [-0.39, 0.29) is 22.3 Å². The van der Waals surface area contributed by atoms with Crippen LogP contribution in [0.1, 0.15) is 25.7 Å². The molecule has 3 rings (SSSR count). The largest absolute Gasteiger partial charge is 0.314 e. The minimum atomic E-state index is -3.78. The number of hydrogen-bond acceptors (Lipinski definition) is 3. The molecule has 8 heteroatoms. The highest BCUT2D eigenvalue weighted by molar-refractivity contribution is 7.89. The average molecular weight is 383 g/mol. The summed E-state index contributed by atoms with van der Waals surface area (Å²) in [6, 6.07) is 4.21. The fourth-order valence-electron chi connectivity index (χ4n) is 3.46. The molecule has 2 aliphatic rings. The van der Waals surface area contributed by atoms with Gasteiger partial charge in [-0.3, -0.25) is 0 Å². The first-order valence-electron chi connectivity index (χ1n) is 7.67. The van der Waals surface area contributed by atoms with E-state index in [0.717, 1.165) is 25.5 Å². The molecule has 1 aromatic rings. The molecule has 0 saturated carbocycles. The zero-order chi connectivity index (χ0) is 15.7. The molecule has 0 spiro atoms. The van der Waals surface area contributed by atoms with Gasteiger partial charge in [0, 0.05) is 24.2 Å². The molecule has 0 bridgehead atoms. The van der Waals surface area contributed by atoms with Gasteiger partial charge >= 0.3 is 0 Å². The van der Waals surface area contributed by atoms with Crippen molar-refractivity contribution in [1.82, 2.24) is 9.62 Å². The Morgan fingerprint density at radius 2 is 1.91 bits per heavy atom. The van der Waals surface area contributed by atoms with Crippen LogP contribution in [0.25, 0.3) is 0 Å². The van der Waals surface area contributed by atoms with Gasteiger partial charge in [-0.1, -0.05) is 11.6 Å². The van der Waals surface area contributed by atoms with Gasteiger partial charge in [-0.05, 0) is 56.3 Å². The normalized spacial score (nSPS) is 23.7. The van der Waals surface area contributed by atoms with Gasteiger partial charge in [0.1, 0.15) is 10.7 Å². The Labute approximate surface area is 147 Å². The Hall–Kier alpha value is -0.400. The van der Waals surface area contributed by atoms with Crippen LogP contribution in [0.4, 0.5) is 4.39 Å². The summed E-state index contributed by atoms with van der Waals surface area (Å²) in [5.41, 5.74) is 0. The highest BCUT2D eigenvalue weighted by atomic mass is 35.5. The van der Waals surface area contributed by atoms with Crippen molar-refractivity contribution in [3.05, 3.63) is 29.0 Å². The van der Waals surface area contributed by atoms with E-state index in [1.807, 2.05) is 0 Å². The van der Waals surface area contributed by atoms with Gasteiger partial charge in [0.05, 0.1) is 0 Å². The lowest BCUT2D eigenvalue weighted by Crippen LogP contribution is -2.43. The second kappa shape index (κ2) is 7.66. The zero-order valence-corrected chi connectivity index (χ0v) is 15.1. The van der Waals surface area contributed by atoms with Crippen molar-refractivity contribution in [3.63, 3.8) is 0 Å². The number of halogens is 3. The number of nitrogens with one attached hydrogen (secondary N) is 1. The lowest BCUT2D eigenvalue weighted by atomic mass is 9.89. The summed E-state index contributed by atoms with van der Waals surface area (Å²) in [5, 5.41) is 3.68. The molecular weight excluding hydrogens is 362 g/mol. The Morgan fingerprint density at radius 3 is 2.48 bits per heavy atom. The van der Waals surface area contributed by atoms with Gasteiger partial charge in [-0.2, -0.15) is 4.31 Å². The van der Waals surface area contributed by atoms with Gasteiger partial charge < -0.3 is 5.32 Å². The summed E-state index contributed by atoms with van der Waals surface area (Å²) < 4.78 is 40.5. The third-order valence-corrected chi connectivity index (χ3v) is 6.84. The van der Waals surface area contributed by atoms with E-state index in [4.69, 9.17) is 11.6 Å². The van der Waals surface area contributed by atoms with Crippen LogP contribution in [0.3, 0.4) is 0 Å². The van der Waals surface area contributed by atoms with Crippen LogP contribution < -0.4 is 5.32 Å². The second-order valence-corrected chi connectivity index (χ2v) is 8.36. The molecule has 4 nitrogen and oxygen atoms in total. The standard InChI is InChI=1S/C15H20ClFN2O2S.ClH/c16-12-3-4-15(13(17)10-12)22(20,21)19-8-5-11(6-9-19)14-2-1-7-18-14;/h3-4,10-11,14,18H,1-2,5-9H2;1H. The van der Waals surface area contributed by atoms with Gasteiger partial charge in [0.15, 0.2) is 0 Å². The van der Waals surface area contributed by atoms with Crippen LogP contribution >= 0.6 is 24.0 Å². The summed E-state index contributed by atoms with van der Waals surface area (Å²) >= 11 is 5.69. The Balaban J connectivity index is 0.00000192. The first-order valence-corrected chi connectivity index (χ1v) is 9.49. The molecule has 0 radical (unpaired) electrons. The van der Waals surface area contributed by atoms with Gasteiger partial charge in [0.25, 0.3) is 0 Å². The molecule has 23 heavy (non-hydrogen) atoms. The predicted molar refractivity (Wildman–Crippen MR) is 91.2 cm³/mol. The predicted octanol–water partition coefficient (Wildman–Crippen LogP) is 3.05.